The number of hydrogen-bond donors (Lipinski definition) is 1. The molecule has 0 radical (unpaired) electrons. The van der Waals surface area contributed by atoms with Gasteiger partial charge in [-0.3, -0.25) is 0 Å². The van der Waals surface area contributed by atoms with E-state index in [1.54, 1.807) is 6.07 Å². The van der Waals surface area contributed by atoms with Crippen LogP contribution in [-0.2, 0) is 0 Å². The van der Waals surface area contributed by atoms with E-state index < -0.39 is 0 Å². The molecule has 3 heteroatoms. The first-order valence-corrected chi connectivity index (χ1v) is 6.90. The van der Waals surface area contributed by atoms with Crippen LogP contribution in [0.25, 0.3) is 11.1 Å². The van der Waals surface area contributed by atoms with Gasteiger partial charge in [0, 0.05) is 6.04 Å². The molecule has 1 heterocycles. The van der Waals surface area contributed by atoms with E-state index in [9.17, 15) is 4.39 Å². The smallest absolute Gasteiger partial charge is 0.142 e. The Hall–Kier alpha value is -1.38. The number of nitrogens with one attached hydrogen (secondary N) is 1. The summed E-state index contributed by atoms with van der Waals surface area (Å²) < 4.78 is 13.4. The average Bonchev–Trinajstić information content (AvgIpc) is 2.96. The first kappa shape index (κ1) is 12.6. The fourth-order valence-electron chi connectivity index (χ4n) is 2.55. The van der Waals surface area contributed by atoms with Gasteiger partial charge in [-0.2, -0.15) is 0 Å². The van der Waals surface area contributed by atoms with Gasteiger partial charge in [0.25, 0.3) is 0 Å². The quantitative estimate of drug-likeness (QED) is 0.846. The van der Waals surface area contributed by atoms with Gasteiger partial charge in [-0.25, -0.2) is 4.39 Å². The van der Waals surface area contributed by atoms with Crippen molar-refractivity contribution in [2.24, 2.45) is 0 Å². The summed E-state index contributed by atoms with van der Waals surface area (Å²) in [6.45, 7) is 1.09. The van der Waals surface area contributed by atoms with Crippen LogP contribution in [-0.4, -0.2) is 6.54 Å². The van der Waals surface area contributed by atoms with Crippen LogP contribution in [0.15, 0.2) is 42.5 Å². The third-order valence-corrected chi connectivity index (χ3v) is 3.93. The maximum absolute atomic E-state index is 13.4. The lowest BCUT2D eigenvalue weighted by Gasteiger charge is -2.11. The third-order valence-electron chi connectivity index (χ3n) is 3.63. The number of hydrogen-bond acceptors (Lipinski definition) is 1. The maximum Gasteiger partial charge on any atom is 0.142 e. The van der Waals surface area contributed by atoms with Crippen LogP contribution in [0.1, 0.15) is 24.4 Å². The van der Waals surface area contributed by atoms with Crippen LogP contribution in [0.3, 0.4) is 0 Å². The lowest BCUT2D eigenvalue weighted by molar-refractivity contribution is 0.629. The Kier molecular flexibility index (Phi) is 3.54. The molecule has 0 bridgehead atoms. The minimum atomic E-state index is -0.374. The van der Waals surface area contributed by atoms with Gasteiger partial charge in [-0.15, -0.1) is 0 Å². The van der Waals surface area contributed by atoms with Crippen LogP contribution in [0, 0.1) is 5.82 Å². The molecule has 0 spiro atoms. The van der Waals surface area contributed by atoms with E-state index in [0.29, 0.717) is 6.04 Å². The highest BCUT2D eigenvalue weighted by atomic mass is 35.5. The standard InChI is InChI=1S/C16H15ClFN/c17-14-8-7-13(10-15(14)18)11-3-5-12(6-4-11)16-2-1-9-19-16/h3-8,10,16,19H,1-2,9H2. The number of halogens is 2. The molecule has 1 fully saturated rings. The molecular formula is C16H15ClFN. The van der Waals surface area contributed by atoms with Gasteiger partial charge >= 0.3 is 0 Å². The minimum Gasteiger partial charge on any atom is -0.310 e. The van der Waals surface area contributed by atoms with Crippen molar-refractivity contribution in [3.63, 3.8) is 0 Å². The van der Waals surface area contributed by atoms with Gasteiger partial charge in [0.2, 0.25) is 0 Å². The van der Waals surface area contributed by atoms with E-state index in [0.717, 1.165) is 17.7 Å². The van der Waals surface area contributed by atoms with Crippen molar-refractivity contribution in [2.75, 3.05) is 6.54 Å². The predicted molar refractivity (Wildman–Crippen MR) is 76.8 cm³/mol. The molecule has 0 amide bonds. The lowest BCUT2D eigenvalue weighted by atomic mass is 10.00. The minimum absolute atomic E-state index is 0.163. The second-order valence-corrected chi connectivity index (χ2v) is 5.31. The molecule has 1 unspecified atom stereocenters. The van der Waals surface area contributed by atoms with Gasteiger partial charge in [0.1, 0.15) is 5.82 Å². The molecule has 1 nitrogen and oxygen atoms in total. The Morgan fingerprint density at radius 3 is 2.42 bits per heavy atom. The molecule has 1 aliphatic heterocycles. The van der Waals surface area contributed by atoms with E-state index in [2.05, 4.69) is 17.4 Å². The summed E-state index contributed by atoms with van der Waals surface area (Å²) in [4.78, 5) is 0. The van der Waals surface area contributed by atoms with Crippen molar-refractivity contribution in [3.05, 3.63) is 58.9 Å². The van der Waals surface area contributed by atoms with E-state index in [1.165, 1.54) is 24.5 Å². The number of benzene rings is 2. The summed E-state index contributed by atoms with van der Waals surface area (Å²) in [5, 5.41) is 3.63. The molecule has 3 rings (SSSR count). The Morgan fingerprint density at radius 1 is 1.05 bits per heavy atom. The first-order valence-electron chi connectivity index (χ1n) is 6.53. The molecule has 2 aromatic rings. The molecule has 1 N–H and O–H groups in total. The molecular weight excluding hydrogens is 261 g/mol. The van der Waals surface area contributed by atoms with Crippen molar-refractivity contribution in [1.29, 1.82) is 0 Å². The number of rotatable bonds is 2. The Balaban J connectivity index is 1.87. The summed E-state index contributed by atoms with van der Waals surface area (Å²) in [7, 11) is 0. The highest BCUT2D eigenvalue weighted by molar-refractivity contribution is 6.30. The fourth-order valence-corrected chi connectivity index (χ4v) is 2.67. The third kappa shape index (κ3) is 2.65. The highest BCUT2D eigenvalue weighted by Crippen LogP contribution is 2.28. The van der Waals surface area contributed by atoms with E-state index in [1.807, 2.05) is 18.2 Å². The van der Waals surface area contributed by atoms with Crippen molar-refractivity contribution in [1.82, 2.24) is 5.32 Å². The normalized spacial score (nSPS) is 18.7. The Labute approximate surface area is 117 Å². The van der Waals surface area contributed by atoms with Crippen molar-refractivity contribution >= 4 is 11.6 Å². The molecule has 0 aromatic heterocycles. The van der Waals surface area contributed by atoms with Gasteiger partial charge in [0.05, 0.1) is 5.02 Å². The maximum atomic E-state index is 13.4. The summed E-state index contributed by atoms with van der Waals surface area (Å²) in [6, 6.07) is 13.7. The van der Waals surface area contributed by atoms with Gasteiger partial charge in [-0.1, -0.05) is 41.9 Å². The predicted octanol–water partition coefficient (Wildman–Crippen LogP) is 4.57. The van der Waals surface area contributed by atoms with E-state index in [4.69, 9.17) is 11.6 Å². The van der Waals surface area contributed by atoms with Gasteiger partial charge in [-0.05, 0) is 48.2 Å². The summed E-state index contributed by atoms with van der Waals surface area (Å²) in [6.07, 6.45) is 2.42. The Bertz CT molecular complexity index is 574. The van der Waals surface area contributed by atoms with E-state index >= 15 is 0 Å². The molecule has 2 aromatic carbocycles. The van der Waals surface area contributed by atoms with Crippen molar-refractivity contribution in [2.45, 2.75) is 18.9 Å². The molecule has 1 atom stereocenters. The zero-order chi connectivity index (χ0) is 13.2. The lowest BCUT2D eigenvalue weighted by Crippen LogP contribution is -2.12. The largest absolute Gasteiger partial charge is 0.310 e. The second-order valence-electron chi connectivity index (χ2n) is 4.90. The molecule has 1 saturated heterocycles. The second kappa shape index (κ2) is 5.32. The SMILES string of the molecule is Fc1cc(-c2ccc(C3CCCN3)cc2)ccc1Cl. The van der Waals surface area contributed by atoms with E-state index in [-0.39, 0.29) is 10.8 Å². The van der Waals surface area contributed by atoms with Crippen LogP contribution >= 0.6 is 11.6 Å². The topological polar surface area (TPSA) is 12.0 Å². The molecule has 98 valence electrons. The van der Waals surface area contributed by atoms with Gasteiger partial charge < -0.3 is 5.32 Å². The molecule has 19 heavy (non-hydrogen) atoms. The first-order chi connectivity index (χ1) is 9.24. The van der Waals surface area contributed by atoms with Crippen LogP contribution in [0.2, 0.25) is 5.02 Å². The van der Waals surface area contributed by atoms with Crippen molar-refractivity contribution in [3.8, 4) is 11.1 Å². The summed E-state index contributed by atoms with van der Waals surface area (Å²) in [5.74, 6) is -0.374. The zero-order valence-electron chi connectivity index (χ0n) is 10.5. The van der Waals surface area contributed by atoms with Crippen LogP contribution < -0.4 is 5.32 Å². The Morgan fingerprint density at radius 2 is 1.79 bits per heavy atom. The highest BCUT2D eigenvalue weighted by Gasteiger charge is 2.15. The zero-order valence-corrected chi connectivity index (χ0v) is 11.3. The summed E-state index contributed by atoms with van der Waals surface area (Å²) >= 11 is 5.70. The monoisotopic (exact) mass is 275 g/mol. The summed E-state index contributed by atoms with van der Waals surface area (Å²) in [5.41, 5.74) is 3.17. The molecule has 0 saturated carbocycles. The van der Waals surface area contributed by atoms with Crippen LogP contribution in [0.5, 0.6) is 0 Å². The van der Waals surface area contributed by atoms with Crippen molar-refractivity contribution < 1.29 is 4.39 Å². The van der Waals surface area contributed by atoms with Crippen LogP contribution in [0.4, 0.5) is 4.39 Å². The average molecular weight is 276 g/mol. The molecule has 0 aliphatic carbocycles. The fraction of sp³-hybridized carbons (Fsp3) is 0.250. The van der Waals surface area contributed by atoms with Gasteiger partial charge in [0.15, 0.2) is 0 Å². The molecule has 1 aliphatic rings.